The summed E-state index contributed by atoms with van der Waals surface area (Å²) in [5, 5.41) is 3.25. The van der Waals surface area contributed by atoms with E-state index >= 15 is 0 Å². The normalized spacial score (nSPS) is 9.73. The fourth-order valence-corrected chi connectivity index (χ4v) is 1.52. The Morgan fingerprint density at radius 3 is 2.00 bits per heavy atom. The van der Waals surface area contributed by atoms with E-state index in [1.165, 1.54) is 6.33 Å². The molecule has 1 aromatic heterocycles. The van der Waals surface area contributed by atoms with E-state index in [9.17, 15) is 0 Å². The minimum absolute atomic E-state index is 0.689. The molecule has 3 heteroatoms. The third-order valence-electron chi connectivity index (χ3n) is 2.46. The van der Waals surface area contributed by atoms with Crippen LogP contribution in [0, 0.1) is 0 Å². The Kier molecular flexibility index (Phi) is 24.2. The highest BCUT2D eigenvalue weighted by atomic mass is 15.0. The second-order valence-corrected chi connectivity index (χ2v) is 3.80. The van der Waals surface area contributed by atoms with E-state index in [-0.39, 0.29) is 0 Å². The highest BCUT2D eigenvalue weighted by Crippen LogP contribution is 2.19. The molecule has 1 N–H and O–H groups in total. The van der Waals surface area contributed by atoms with E-state index in [0.717, 1.165) is 17.0 Å². The Hall–Kier alpha value is -2.68. The first-order chi connectivity index (χ1) is 12.8. The molecule has 0 aliphatic heterocycles. The van der Waals surface area contributed by atoms with Crippen molar-refractivity contribution in [2.24, 2.45) is 0 Å². The standard InChI is InChI=1S/C17H19N3.3C2H6/c1-5-9-11-14(12-10-6-2)20-17-15(7-3)16(8-4)18-13-19-17;3*1-2/h5-13H,1,3-4H2,2H3,(H,18,19,20);3*1-2H3/b10-6-,11-9-,14-12+;;;. The van der Waals surface area contributed by atoms with Gasteiger partial charge in [-0.25, -0.2) is 9.97 Å². The van der Waals surface area contributed by atoms with Crippen LogP contribution in [-0.2, 0) is 0 Å². The van der Waals surface area contributed by atoms with Gasteiger partial charge in [0.1, 0.15) is 12.1 Å². The van der Waals surface area contributed by atoms with Crippen molar-refractivity contribution in [3.05, 3.63) is 79.5 Å². The second kappa shape index (κ2) is 22.3. The summed E-state index contributed by atoms with van der Waals surface area (Å²) in [6, 6.07) is 0. The zero-order valence-corrected chi connectivity index (χ0v) is 17.7. The van der Waals surface area contributed by atoms with Gasteiger partial charge in [0.15, 0.2) is 0 Å². The fourth-order valence-electron chi connectivity index (χ4n) is 1.52. The summed E-state index contributed by atoms with van der Waals surface area (Å²) in [4.78, 5) is 8.40. The molecule has 1 heterocycles. The summed E-state index contributed by atoms with van der Waals surface area (Å²) >= 11 is 0. The molecule has 1 rings (SSSR count). The Bertz CT molecular complexity index is 579. The molecule has 0 aliphatic rings. The lowest BCUT2D eigenvalue weighted by atomic mass is 10.2. The zero-order valence-electron chi connectivity index (χ0n) is 17.7. The summed E-state index contributed by atoms with van der Waals surface area (Å²) in [5.74, 6) is 0.689. The Labute approximate surface area is 161 Å². The maximum absolute atomic E-state index is 4.25. The van der Waals surface area contributed by atoms with Crippen molar-refractivity contribution >= 4 is 18.0 Å². The predicted octanol–water partition coefficient (Wildman–Crippen LogP) is 7.46. The van der Waals surface area contributed by atoms with Crippen LogP contribution in [0.2, 0.25) is 0 Å². The van der Waals surface area contributed by atoms with E-state index in [2.05, 4.69) is 35.0 Å². The lowest BCUT2D eigenvalue weighted by Gasteiger charge is -2.10. The van der Waals surface area contributed by atoms with Crippen molar-refractivity contribution in [3.63, 3.8) is 0 Å². The molecular formula is C23H37N3. The topological polar surface area (TPSA) is 37.8 Å². The molecule has 1 aromatic rings. The zero-order chi connectivity index (χ0) is 20.8. The van der Waals surface area contributed by atoms with Crippen LogP contribution in [0.25, 0.3) is 12.2 Å². The van der Waals surface area contributed by atoms with Crippen molar-refractivity contribution in [1.82, 2.24) is 9.97 Å². The van der Waals surface area contributed by atoms with Crippen LogP contribution in [-0.4, -0.2) is 9.97 Å². The van der Waals surface area contributed by atoms with E-state index < -0.39 is 0 Å². The van der Waals surface area contributed by atoms with Crippen LogP contribution in [0.3, 0.4) is 0 Å². The molecule has 0 amide bonds. The minimum atomic E-state index is 0.689. The molecule has 0 aromatic carbocycles. The first-order valence-electron chi connectivity index (χ1n) is 9.25. The molecule has 0 bridgehead atoms. The van der Waals surface area contributed by atoms with Crippen molar-refractivity contribution < 1.29 is 0 Å². The van der Waals surface area contributed by atoms with Gasteiger partial charge in [0, 0.05) is 11.3 Å². The Morgan fingerprint density at radius 1 is 0.923 bits per heavy atom. The number of nitrogens with one attached hydrogen (secondary N) is 1. The summed E-state index contributed by atoms with van der Waals surface area (Å²) in [5.41, 5.74) is 2.45. The second-order valence-electron chi connectivity index (χ2n) is 3.80. The van der Waals surface area contributed by atoms with Gasteiger partial charge < -0.3 is 5.32 Å². The van der Waals surface area contributed by atoms with Crippen LogP contribution in [0.5, 0.6) is 0 Å². The van der Waals surface area contributed by atoms with Crippen LogP contribution in [0.4, 0.5) is 5.82 Å². The molecule has 144 valence electrons. The monoisotopic (exact) mass is 355 g/mol. The van der Waals surface area contributed by atoms with Crippen LogP contribution in [0.15, 0.2) is 68.2 Å². The summed E-state index contributed by atoms with van der Waals surface area (Å²) < 4.78 is 0. The molecule has 0 spiro atoms. The molecule has 0 saturated carbocycles. The van der Waals surface area contributed by atoms with Gasteiger partial charge in [0.25, 0.3) is 0 Å². The number of hydrogen-bond acceptors (Lipinski definition) is 3. The Balaban J connectivity index is -0.000000795. The van der Waals surface area contributed by atoms with Crippen LogP contribution < -0.4 is 5.32 Å². The quantitative estimate of drug-likeness (QED) is 0.516. The maximum atomic E-state index is 4.25. The highest BCUT2D eigenvalue weighted by molar-refractivity contribution is 5.71. The largest absolute Gasteiger partial charge is 0.340 e. The van der Waals surface area contributed by atoms with Crippen LogP contribution >= 0.6 is 0 Å². The van der Waals surface area contributed by atoms with Gasteiger partial charge in [-0.3, -0.25) is 0 Å². The molecular weight excluding hydrogens is 318 g/mol. The van der Waals surface area contributed by atoms with E-state index in [4.69, 9.17) is 0 Å². The minimum Gasteiger partial charge on any atom is -0.340 e. The molecule has 26 heavy (non-hydrogen) atoms. The average Bonchev–Trinajstić information content (AvgIpc) is 2.74. The van der Waals surface area contributed by atoms with Crippen LogP contribution in [0.1, 0.15) is 59.7 Å². The molecule has 0 aliphatic carbocycles. The number of aromatic nitrogens is 2. The summed E-state index contributed by atoms with van der Waals surface area (Å²) in [7, 11) is 0. The molecule has 0 atom stereocenters. The molecule has 3 nitrogen and oxygen atoms in total. The fraction of sp³-hybridized carbons (Fsp3) is 0.304. The number of nitrogens with zero attached hydrogens (tertiary/aromatic N) is 2. The van der Waals surface area contributed by atoms with E-state index in [0.29, 0.717) is 5.82 Å². The first kappa shape index (κ1) is 28.1. The third-order valence-corrected chi connectivity index (χ3v) is 2.46. The van der Waals surface area contributed by atoms with Crippen molar-refractivity contribution in [3.8, 4) is 0 Å². The SMILES string of the molecule is C=C\C=C/C(=C\C=C/C)Nc1ncnc(C=C)c1C=C.CC.CC.CC. The average molecular weight is 356 g/mol. The molecule has 0 saturated heterocycles. The van der Waals surface area contributed by atoms with Gasteiger partial charge in [-0.05, 0) is 25.2 Å². The van der Waals surface area contributed by atoms with E-state index in [1.54, 1.807) is 18.2 Å². The number of hydrogen-bond donors (Lipinski definition) is 1. The van der Waals surface area contributed by atoms with E-state index in [1.807, 2.05) is 78.8 Å². The van der Waals surface area contributed by atoms with Gasteiger partial charge in [-0.15, -0.1) is 0 Å². The summed E-state index contributed by atoms with van der Waals surface area (Å²) in [6.45, 7) is 25.2. The lowest BCUT2D eigenvalue weighted by Crippen LogP contribution is -2.03. The Morgan fingerprint density at radius 2 is 1.54 bits per heavy atom. The van der Waals surface area contributed by atoms with Crippen molar-refractivity contribution in [2.45, 2.75) is 48.5 Å². The van der Waals surface area contributed by atoms with Gasteiger partial charge in [0.05, 0.1) is 5.69 Å². The molecule has 0 fully saturated rings. The third kappa shape index (κ3) is 11.8. The predicted molar refractivity (Wildman–Crippen MR) is 122 cm³/mol. The first-order valence-corrected chi connectivity index (χ1v) is 9.25. The molecule has 0 radical (unpaired) electrons. The smallest absolute Gasteiger partial charge is 0.141 e. The number of rotatable bonds is 7. The summed E-state index contributed by atoms with van der Waals surface area (Å²) in [6.07, 6.45) is 16.2. The van der Waals surface area contributed by atoms with Gasteiger partial charge >= 0.3 is 0 Å². The number of anilines is 1. The van der Waals surface area contributed by atoms with Gasteiger partial charge in [-0.1, -0.05) is 91.7 Å². The van der Waals surface area contributed by atoms with Crippen molar-refractivity contribution in [2.75, 3.05) is 5.32 Å². The molecule has 0 unspecified atom stereocenters. The van der Waals surface area contributed by atoms with Gasteiger partial charge in [-0.2, -0.15) is 0 Å². The number of allylic oxidation sites excluding steroid dienone is 6. The maximum Gasteiger partial charge on any atom is 0.141 e. The highest BCUT2D eigenvalue weighted by Gasteiger charge is 2.06. The van der Waals surface area contributed by atoms with Crippen molar-refractivity contribution in [1.29, 1.82) is 0 Å². The van der Waals surface area contributed by atoms with Gasteiger partial charge in [0.2, 0.25) is 0 Å². The lowest BCUT2D eigenvalue weighted by molar-refractivity contribution is 1.14.